The molecule has 1 aliphatic heterocycles. The van der Waals surface area contributed by atoms with Gasteiger partial charge < -0.3 is 4.74 Å². The number of amides is 1. The Bertz CT molecular complexity index is 1610. The van der Waals surface area contributed by atoms with E-state index in [0.717, 1.165) is 52.1 Å². The maximum Gasteiger partial charge on any atom is 0.267 e. The van der Waals surface area contributed by atoms with Gasteiger partial charge in [0.15, 0.2) is 5.17 Å². The monoisotopic (exact) mass is 614 g/mol. The molecule has 40 heavy (non-hydrogen) atoms. The zero-order chi connectivity index (χ0) is 27.5. The summed E-state index contributed by atoms with van der Waals surface area (Å²) in [6, 6.07) is 26.6. The Morgan fingerprint density at radius 1 is 0.950 bits per heavy atom. The first-order chi connectivity index (χ1) is 19.6. The van der Waals surface area contributed by atoms with Crippen LogP contribution in [0.2, 0.25) is 0 Å². The molecule has 2 aliphatic rings. The fourth-order valence-electron chi connectivity index (χ4n) is 5.29. The van der Waals surface area contributed by atoms with Crippen LogP contribution >= 0.6 is 27.7 Å². The Balaban J connectivity index is 1.40. The minimum absolute atomic E-state index is 0.0609. The third-order valence-corrected chi connectivity index (χ3v) is 8.87. The summed E-state index contributed by atoms with van der Waals surface area (Å²) in [4.78, 5) is 21.0. The zero-order valence-electron chi connectivity index (χ0n) is 21.9. The van der Waals surface area contributed by atoms with E-state index in [9.17, 15) is 9.18 Å². The average Bonchev–Trinajstić information content (AvgIpc) is 3.29. The molecule has 0 spiro atoms. The van der Waals surface area contributed by atoms with E-state index in [1.807, 2.05) is 60.7 Å². The van der Waals surface area contributed by atoms with E-state index in [1.54, 1.807) is 23.1 Å². The summed E-state index contributed by atoms with van der Waals surface area (Å²) in [6.45, 7) is 0.400. The molecule has 202 valence electrons. The van der Waals surface area contributed by atoms with Crippen LogP contribution in [0.4, 0.5) is 10.1 Å². The second-order valence-corrected chi connectivity index (χ2v) is 12.0. The molecule has 4 aromatic rings. The predicted molar refractivity (Wildman–Crippen MR) is 165 cm³/mol. The van der Waals surface area contributed by atoms with Crippen molar-refractivity contribution in [3.63, 3.8) is 0 Å². The lowest BCUT2D eigenvalue weighted by Crippen LogP contribution is -2.40. The molecule has 4 nitrogen and oxygen atoms in total. The lowest BCUT2D eigenvalue weighted by Gasteiger charge is -2.30. The SMILES string of the molecule is O=C1/C(=C/c2c(OCc3ccc(Br)cc3)ccc3ccccc23)SC(=Nc2ccccc2F)N1C1CCCCC1. The summed E-state index contributed by atoms with van der Waals surface area (Å²) < 4.78 is 21.9. The van der Waals surface area contributed by atoms with Gasteiger partial charge in [-0.05, 0) is 77.3 Å². The van der Waals surface area contributed by atoms with Crippen LogP contribution in [-0.4, -0.2) is 22.0 Å². The number of rotatable bonds is 6. The topological polar surface area (TPSA) is 41.9 Å². The van der Waals surface area contributed by atoms with Gasteiger partial charge in [-0.3, -0.25) is 9.69 Å². The molecule has 1 saturated heterocycles. The van der Waals surface area contributed by atoms with Crippen LogP contribution in [0, 0.1) is 5.82 Å². The van der Waals surface area contributed by atoms with Crippen LogP contribution in [0.1, 0.15) is 43.2 Å². The van der Waals surface area contributed by atoms with Gasteiger partial charge in [0.1, 0.15) is 23.9 Å². The van der Waals surface area contributed by atoms with Gasteiger partial charge in [0.2, 0.25) is 0 Å². The summed E-state index contributed by atoms with van der Waals surface area (Å²) in [5.74, 6) is 0.215. The first kappa shape index (κ1) is 26.8. The maximum absolute atomic E-state index is 14.6. The first-order valence-corrected chi connectivity index (χ1v) is 15.1. The van der Waals surface area contributed by atoms with E-state index in [0.29, 0.717) is 22.4 Å². The number of amidine groups is 1. The molecule has 0 aromatic heterocycles. The third-order valence-electron chi connectivity index (χ3n) is 7.36. The highest BCUT2D eigenvalue weighted by atomic mass is 79.9. The number of hydrogen-bond acceptors (Lipinski definition) is 4. The van der Waals surface area contributed by atoms with Crippen LogP contribution in [-0.2, 0) is 11.4 Å². The van der Waals surface area contributed by atoms with Crippen molar-refractivity contribution in [1.82, 2.24) is 4.90 Å². The summed E-state index contributed by atoms with van der Waals surface area (Å²) in [6.07, 6.45) is 7.08. The number of thioether (sulfide) groups is 1. The van der Waals surface area contributed by atoms with Gasteiger partial charge in [0.05, 0.1) is 4.91 Å². The number of fused-ring (bicyclic) bond motifs is 1. The van der Waals surface area contributed by atoms with Crippen molar-refractivity contribution in [1.29, 1.82) is 0 Å². The summed E-state index contributed by atoms with van der Waals surface area (Å²) >= 11 is 4.79. The van der Waals surface area contributed by atoms with Gasteiger partial charge in [0, 0.05) is 16.1 Å². The standard InChI is InChI=1S/C33H28BrFN2O2S/c34-24-17-14-22(15-18-24)21-39-30-19-16-23-8-4-5-11-26(23)27(30)20-31-32(38)37(25-9-2-1-3-10-25)33(40-31)36-29-13-7-6-12-28(29)35/h4-8,11-20,25H,1-3,9-10,21H2/b31-20-,36-33?. The molecule has 0 radical (unpaired) electrons. The minimum atomic E-state index is -0.401. The molecule has 2 fully saturated rings. The lowest BCUT2D eigenvalue weighted by atomic mass is 9.94. The van der Waals surface area contributed by atoms with Gasteiger partial charge in [-0.15, -0.1) is 0 Å². The second-order valence-electron chi connectivity index (χ2n) is 10.0. The van der Waals surface area contributed by atoms with E-state index in [1.165, 1.54) is 24.2 Å². The van der Waals surface area contributed by atoms with Crippen molar-refractivity contribution in [2.75, 3.05) is 0 Å². The van der Waals surface area contributed by atoms with E-state index >= 15 is 0 Å². The summed E-state index contributed by atoms with van der Waals surface area (Å²) in [7, 11) is 0. The minimum Gasteiger partial charge on any atom is -0.488 e. The Morgan fingerprint density at radius 2 is 1.70 bits per heavy atom. The number of nitrogens with zero attached hydrogens (tertiary/aromatic N) is 2. The smallest absolute Gasteiger partial charge is 0.267 e. The number of para-hydroxylation sites is 1. The number of halogens is 2. The van der Waals surface area contributed by atoms with E-state index in [2.05, 4.69) is 27.0 Å². The quantitative estimate of drug-likeness (QED) is 0.203. The Labute approximate surface area is 246 Å². The normalized spacial score (nSPS) is 18.2. The highest BCUT2D eigenvalue weighted by molar-refractivity contribution is 9.10. The van der Waals surface area contributed by atoms with Crippen molar-refractivity contribution in [3.8, 4) is 5.75 Å². The van der Waals surface area contributed by atoms with Crippen molar-refractivity contribution >= 4 is 61.3 Å². The van der Waals surface area contributed by atoms with Crippen LogP contribution in [0.25, 0.3) is 16.8 Å². The highest BCUT2D eigenvalue weighted by Gasteiger charge is 2.39. The largest absolute Gasteiger partial charge is 0.488 e. The van der Waals surface area contributed by atoms with Gasteiger partial charge in [-0.1, -0.05) is 89.8 Å². The van der Waals surface area contributed by atoms with E-state index in [4.69, 9.17) is 4.74 Å². The Kier molecular flexibility index (Phi) is 8.03. The number of aliphatic imine (C=N–C) groups is 1. The molecule has 1 heterocycles. The van der Waals surface area contributed by atoms with Gasteiger partial charge in [-0.25, -0.2) is 9.38 Å². The van der Waals surface area contributed by atoms with Gasteiger partial charge in [0.25, 0.3) is 5.91 Å². The Morgan fingerprint density at radius 3 is 2.50 bits per heavy atom. The molecule has 1 amide bonds. The summed E-state index contributed by atoms with van der Waals surface area (Å²) in [5, 5.41) is 2.59. The molecule has 4 aromatic carbocycles. The first-order valence-electron chi connectivity index (χ1n) is 13.5. The van der Waals surface area contributed by atoms with Crippen molar-refractivity contribution in [2.24, 2.45) is 4.99 Å². The Hall–Kier alpha value is -3.42. The van der Waals surface area contributed by atoms with E-state index in [-0.39, 0.29) is 17.6 Å². The molecule has 1 saturated carbocycles. The maximum atomic E-state index is 14.6. The molecule has 7 heteroatoms. The fraction of sp³-hybridized carbons (Fsp3) is 0.212. The third kappa shape index (κ3) is 5.72. The predicted octanol–water partition coefficient (Wildman–Crippen LogP) is 9.26. The number of carbonyl (C=O) groups is 1. The van der Waals surface area contributed by atoms with Crippen LogP contribution < -0.4 is 4.74 Å². The molecule has 0 atom stereocenters. The van der Waals surface area contributed by atoms with Crippen LogP contribution in [0.5, 0.6) is 5.75 Å². The van der Waals surface area contributed by atoms with Crippen molar-refractivity contribution in [3.05, 3.63) is 111 Å². The molecule has 0 unspecified atom stereocenters. The highest BCUT2D eigenvalue weighted by Crippen LogP contribution is 2.41. The van der Waals surface area contributed by atoms with Crippen LogP contribution in [0.3, 0.4) is 0 Å². The fourth-order valence-corrected chi connectivity index (χ4v) is 6.59. The van der Waals surface area contributed by atoms with Crippen LogP contribution in [0.15, 0.2) is 99.3 Å². The van der Waals surface area contributed by atoms with Crippen molar-refractivity contribution in [2.45, 2.75) is 44.8 Å². The van der Waals surface area contributed by atoms with Gasteiger partial charge in [-0.2, -0.15) is 0 Å². The molecule has 6 rings (SSSR count). The van der Waals surface area contributed by atoms with Crippen molar-refractivity contribution < 1.29 is 13.9 Å². The molecular formula is C33H28BrFN2O2S. The molecule has 0 bridgehead atoms. The van der Waals surface area contributed by atoms with E-state index < -0.39 is 5.82 Å². The average molecular weight is 616 g/mol. The molecular weight excluding hydrogens is 587 g/mol. The van der Waals surface area contributed by atoms with Gasteiger partial charge >= 0.3 is 0 Å². The number of hydrogen-bond donors (Lipinski definition) is 0. The number of carbonyl (C=O) groups excluding carboxylic acids is 1. The molecule has 1 aliphatic carbocycles. The number of ether oxygens (including phenoxy) is 1. The number of benzene rings is 4. The second kappa shape index (κ2) is 12.0. The zero-order valence-corrected chi connectivity index (χ0v) is 24.3. The lowest BCUT2D eigenvalue weighted by molar-refractivity contribution is -0.124. The summed E-state index contributed by atoms with van der Waals surface area (Å²) in [5.41, 5.74) is 2.13. The molecule has 0 N–H and O–H groups in total.